The van der Waals surface area contributed by atoms with Crippen LogP contribution in [0.4, 0.5) is 0 Å². The Morgan fingerprint density at radius 3 is 2.50 bits per heavy atom. The van der Waals surface area contributed by atoms with Gasteiger partial charge in [-0.25, -0.2) is 0 Å². The summed E-state index contributed by atoms with van der Waals surface area (Å²) in [5.41, 5.74) is 1.25. The monoisotopic (exact) mass is 168 g/mol. The fraction of sp³-hybridized carbons (Fsp3) is 0.400. The van der Waals surface area contributed by atoms with E-state index in [1.165, 1.54) is 18.1 Å². The Hall–Kier alpha value is -1.18. The lowest BCUT2D eigenvalue weighted by atomic mass is 10.2. The summed E-state index contributed by atoms with van der Waals surface area (Å²) < 4.78 is 9.91. The van der Waals surface area contributed by atoms with Gasteiger partial charge in [-0.1, -0.05) is 18.7 Å². The molecule has 0 saturated heterocycles. The van der Waals surface area contributed by atoms with Crippen molar-refractivity contribution in [3.8, 4) is 0 Å². The Morgan fingerprint density at radius 2 is 1.92 bits per heavy atom. The fourth-order valence-corrected chi connectivity index (χ4v) is 0.664. The molecule has 2 nitrogen and oxygen atoms in total. The first kappa shape index (κ1) is 10.8. The maximum absolute atomic E-state index is 4.97. The summed E-state index contributed by atoms with van der Waals surface area (Å²) in [5, 5.41) is 0. The van der Waals surface area contributed by atoms with Gasteiger partial charge in [-0.15, -0.1) is 0 Å². The van der Waals surface area contributed by atoms with Crippen LogP contribution in [0.3, 0.4) is 0 Å². The molecule has 0 bridgehead atoms. The van der Waals surface area contributed by atoms with Gasteiger partial charge in [0.1, 0.15) is 6.61 Å². The van der Waals surface area contributed by atoms with Gasteiger partial charge in [-0.3, -0.25) is 0 Å². The van der Waals surface area contributed by atoms with E-state index in [2.05, 4.69) is 13.2 Å². The van der Waals surface area contributed by atoms with Crippen molar-refractivity contribution in [2.24, 2.45) is 0 Å². The molecule has 0 amide bonds. The van der Waals surface area contributed by atoms with Crippen LogP contribution in [0.1, 0.15) is 13.3 Å². The number of hydrogen-bond acceptors (Lipinski definition) is 2. The zero-order valence-corrected chi connectivity index (χ0v) is 7.58. The maximum atomic E-state index is 4.97. The molecule has 0 unspecified atom stereocenters. The van der Waals surface area contributed by atoms with Crippen molar-refractivity contribution >= 4 is 0 Å². The van der Waals surface area contributed by atoms with E-state index in [-0.39, 0.29) is 0 Å². The average Bonchev–Trinajstić information content (AvgIpc) is 2.06. The van der Waals surface area contributed by atoms with E-state index in [4.69, 9.17) is 9.47 Å². The van der Waals surface area contributed by atoms with Gasteiger partial charge in [-0.2, -0.15) is 0 Å². The minimum atomic E-state index is 0.587. The van der Waals surface area contributed by atoms with Gasteiger partial charge in [0.25, 0.3) is 0 Å². The second kappa shape index (κ2) is 7.92. The lowest BCUT2D eigenvalue weighted by molar-refractivity contribution is 0.253. The molecule has 0 fully saturated rings. The van der Waals surface area contributed by atoms with Crippen molar-refractivity contribution in [2.45, 2.75) is 13.3 Å². The maximum Gasteiger partial charge on any atom is 0.106 e. The van der Waals surface area contributed by atoms with Gasteiger partial charge in [0.15, 0.2) is 0 Å². The number of rotatable bonds is 7. The van der Waals surface area contributed by atoms with E-state index in [0.717, 1.165) is 6.42 Å². The molecule has 0 aliphatic rings. The van der Waals surface area contributed by atoms with E-state index in [1.807, 2.05) is 13.0 Å². The van der Waals surface area contributed by atoms with Gasteiger partial charge in [0.05, 0.1) is 19.1 Å². The molecule has 0 aromatic heterocycles. The SMILES string of the molecule is C=COC/C=C(\C)CCOC=C. The molecule has 0 heterocycles. The third-order valence-electron chi connectivity index (χ3n) is 1.38. The predicted octanol–water partition coefficient (Wildman–Crippen LogP) is 2.64. The Balaban J connectivity index is 3.41. The average molecular weight is 168 g/mol. The van der Waals surface area contributed by atoms with Crippen LogP contribution in [0.25, 0.3) is 0 Å². The lowest BCUT2D eigenvalue weighted by Gasteiger charge is -2.01. The molecule has 0 saturated carbocycles. The van der Waals surface area contributed by atoms with Gasteiger partial charge in [0, 0.05) is 6.42 Å². The van der Waals surface area contributed by atoms with Crippen molar-refractivity contribution < 1.29 is 9.47 Å². The van der Waals surface area contributed by atoms with Crippen molar-refractivity contribution in [1.82, 2.24) is 0 Å². The third kappa shape index (κ3) is 6.93. The highest BCUT2D eigenvalue weighted by Gasteiger charge is 1.88. The predicted molar refractivity (Wildman–Crippen MR) is 50.7 cm³/mol. The molecule has 0 spiro atoms. The Morgan fingerprint density at radius 1 is 1.25 bits per heavy atom. The summed E-state index contributed by atoms with van der Waals surface area (Å²) >= 11 is 0. The molecule has 0 rings (SSSR count). The topological polar surface area (TPSA) is 18.5 Å². The summed E-state index contributed by atoms with van der Waals surface area (Å²) in [5.74, 6) is 0. The van der Waals surface area contributed by atoms with Crippen LogP contribution in [0.15, 0.2) is 37.3 Å². The van der Waals surface area contributed by atoms with Crippen molar-refractivity contribution in [3.05, 3.63) is 37.3 Å². The van der Waals surface area contributed by atoms with Crippen LogP contribution in [0.2, 0.25) is 0 Å². The van der Waals surface area contributed by atoms with Crippen LogP contribution in [-0.2, 0) is 9.47 Å². The van der Waals surface area contributed by atoms with Gasteiger partial charge >= 0.3 is 0 Å². The first-order chi connectivity index (χ1) is 5.81. The standard InChI is InChI=1S/C10H16O2/c1-4-11-8-6-10(3)7-9-12-5-2/h4-6H,1-2,7-9H2,3H3/b10-6+. The minimum Gasteiger partial charge on any atom is -0.501 e. The number of hydrogen-bond donors (Lipinski definition) is 0. The van der Waals surface area contributed by atoms with E-state index in [1.54, 1.807) is 0 Å². The molecule has 0 aliphatic heterocycles. The van der Waals surface area contributed by atoms with Crippen LogP contribution >= 0.6 is 0 Å². The second-order valence-electron chi connectivity index (χ2n) is 2.34. The highest BCUT2D eigenvalue weighted by Crippen LogP contribution is 1.99. The molecule has 0 N–H and O–H groups in total. The van der Waals surface area contributed by atoms with Crippen LogP contribution in [0.5, 0.6) is 0 Å². The Bertz CT molecular complexity index is 159. The minimum absolute atomic E-state index is 0.587. The Kier molecular flexibility index (Phi) is 7.14. The summed E-state index contributed by atoms with van der Waals surface area (Å²) in [7, 11) is 0. The fourth-order valence-electron chi connectivity index (χ4n) is 0.664. The summed E-state index contributed by atoms with van der Waals surface area (Å²) in [6, 6.07) is 0. The van der Waals surface area contributed by atoms with E-state index < -0.39 is 0 Å². The summed E-state index contributed by atoms with van der Waals surface area (Å²) in [6.07, 6.45) is 5.80. The molecule has 68 valence electrons. The van der Waals surface area contributed by atoms with Gasteiger partial charge in [-0.05, 0) is 13.0 Å². The first-order valence-electron chi connectivity index (χ1n) is 3.92. The molecule has 0 aromatic rings. The zero-order chi connectivity index (χ0) is 9.23. The lowest BCUT2D eigenvalue weighted by Crippen LogP contribution is -1.90. The molecular formula is C10H16O2. The van der Waals surface area contributed by atoms with Crippen molar-refractivity contribution in [3.63, 3.8) is 0 Å². The van der Waals surface area contributed by atoms with Crippen LogP contribution in [0, 0.1) is 0 Å². The molecule has 0 atom stereocenters. The molecule has 12 heavy (non-hydrogen) atoms. The van der Waals surface area contributed by atoms with Gasteiger partial charge < -0.3 is 9.47 Å². The normalized spacial score (nSPS) is 10.6. The largest absolute Gasteiger partial charge is 0.501 e. The highest BCUT2D eigenvalue weighted by molar-refractivity contribution is 4.98. The van der Waals surface area contributed by atoms with E-state index >= 15 is 0 Å². The van der Waals surface area contributed by atoms with E-state index in [9.17, 15) is 0 Å². The smallest absolute Gasteiger partial charge is 0.106 e. The van der Waals surface area contributed by atoms with Crippen LogP contribution < -0.4 is 0 Å². The molecular weight excluding hydrogens is 152 g/mol. The molecule has 0 aromatic carbocycles. The van der Waals surface area contributed by atoms with Crippen LogP contribution in [-0.4, -0.2) is 13.2 Å². The summed E-state index contributed by atoms with van der Waals surface area (Å²) in [6.45, 7) is 10.2. The van der Waals surface area contributed by atoms with Gasteiger partial charge in [0.2, 0.25) is 0 Å². The third-order valence-corrected chi connectivity index (χ3v) is 1.38. The number of ether oxygens (including phenoxy) is 2. The molecule has 0 aliphatic carbocycles. The quantitative estimate of drug-likeness (QED) is 0.330. The first-order valence-corrected chi connectivity index (χ1v) is 3.92. The Labute approximate surface area is 74.2 Å². The zero-order valence-electron chi connectivity index (χ0n) is 7.58. The van der Waals surface area contributed by atoms with Crippen molar-refractivity contribution in [1.29, 1.82) is 0 Å². The highest BCUT2D eigenvalue weighted by atomic mass is 16.5. The van der Waals surface area contributed by atoms with Crippen molar-refractivity contribution in [2.75, 3.05) is 13.2 Å². The summed E-state index contributed by atoms with van der Waals surface area (Å²) in [4.78, 5) is 0. The molecule has 0 radical (unpaired) electrons. The molecule has 2 heteroatoms. The van der Waals surface area contributed by atoms with E-state index in [0.29, 0.717) is 13.2 Å². The second-order valence-corrected chi connectivity index (χ2v) is 2.34.